The molecule has 1 aliphatic rings. The van der Waals surface area contributed by atoms with Gasteiger partial charge in [0.15, 0.2) is 0 Å². The molecule has 0 bridgehead atoms. The van der Waals surface area contributed by atoms with E-state index in [1.807, 2.05) is 0 Å². The molecule has 1 aromatic rings. The van der Waals surface area contributed by atoms with Crippen molar-refractivity contribution < 1.29 is 23.1 Å². The van der Waals surface area contributed by atoms with Crippen LogP contribution in [0.2, 0.25) is 0 Å². The number of sulfonamides is 1. The van der Waals surface area contributed by atoms with E-state index in [1.165, 1.54) is 19.4 Å². The third-order valence-electron chi connectivity index (χ3n) is 3.14. The van der Waals surface area contributed by atoms with Crippen molar-refractivity contribution in [1.29, 1.82) is 0 Å². The van der Waals surface area contributed by atoms with Gasteiger partial charge in [-0.05, 0) is 25.3 Å². The van der Waals surface area contributed by atoms with Crippen molar-refractivity contribution in [3.8, 4) is 0 Å². The van der Waals surface area contributed by atoms with Crippen LogP contribution in [0.15, 0.2) is 12.3 Å². The van der Waals surface area contributed by atoms with Gasteiger partial charge in [-0.3, -0.25) is 9.52 Å². The molecule has 1 aromatic heterocycles. The number of hydrogen-bond acceptors (Lipinski definition) is 6. The van der Waals surface area contributed by atoms with E-state index in [-0.39, 0.29) is 76.1 Å². The number of ether oxygens (including phenoxy) is 1. The van der Waals surface area contributed by atoms with Crippen LogP contribution in [-0.4, -0.2) is 99.8 Å². The quantitative estimate of drug-likeness (QED) is 0.640. The van der Waals surface area contributed by atoms with Gasteiger partial charge in [0.25, 0.3) is 0 Å². The van der Waals surface area contributed by atoms with Crippen LogP contribution in [0, 0.1) is 0 Å². The fourth-order valence-electron chi connectivity index (χ4n) is 1.84. The Morgan fingerprint density at radius 3 is 2.77 bits per heavy atom. The summed E-state index contributed by atoms with van der Waals surface area (Å²) < 4.78 is 30.8. The van der Waals surface area contributed by atoms with E-state index in [4.69, 9.17) is 4.74 Å². The summed E-state index contributed by atoms with van der Waals surface area (Å²) in [5, 5.41) is 8.83. The molecule has 22 heavy (non-hydrogen) atoms. The summed E-state index contributed by atoms with van der Waals surface area (Å²) in [6, 6.07) is 1.46. The number of rotatable bonds is 8. The number of methoxy groups -OCH3 is 1. The first-order valence-corrected chi connectivity index (χ1v) is 8.05. The number of aromatic nitrogens is 2. The largest absolute Gasteiger partial charge is 0.481 e. The van der Waals surface area contributed by atoms with E-state index in [0.29, 0.717) is 12.8 Å². The van der Waals surface area contributed by atoms with Gasteiger partial charge in [-0.2, -0.15) is 0 Å². The van der Waals surface area contributed by atoms with Crippen molar-refractivity contribution >= 4 is 73.3 Å². The Hall–Kier alpha value is -0.104. The van der Waals surface area contributed by atoms with Gasteiger partial charge in [0, 0.05) is 71.3 Å². The standard InChI is InChI=1S/C12H17N3O5S.K/c1-20-7-5-9(11(16)17)10-4-6-13-12(14-10)15-21(18,19)8-2-3-8;/h4,6,8-9H,2-3,5,7H2,1H3,(H,16,17)(H,13,14,15);. The molecule has 117 valence electrons. The number of hydrogen-bond donors (Lipinski definition) is 2. The number of carbonyl (C=O) groups is 1. The van der Waals surface area contributed by atoms with Crippen molar-refractivity contribution in [2.24, 2.45) is 0 Å². The fourth-order valence-corrected chi connectivity index (χ4v) is 3.11. The van der Waals surface area contributed by atoms with Crippen LogP contribution in [-0.2, 0) is 19.6 Å². The van der Waals surface area contributed by atoms with Gasteiger partial charge in [-0.1, -0.05) is 0 Å². The van der Waals surface area contributed by atoms with Gasteiger partial charge in [0.1, 0.15) is 5.92 Å². The molecule has 1 aliphatic carbocycles. The van der Waals surface area contributed by atoms with Gasteiger partial charge < -0.3 is 9.84 Å². The molecule has 1 heterocycles. The van der Waals surface area contributed by atoms with Gasteiger partial charge >= 0.3 is 5.97 Å². The first kappa shape index (κ1) is 19.9. The second kappa shape index (κ2) is 8.67. The van der Waals surface area contributed by atoms with Crippen molar-refractivity contribution in [2.45, 2.75) is 30.4 Å². The van der Waals surface area contributed by atoms with E-state index in [2.05, 4.69) is 14.7 Å². The number of anilines is 1. The molecule has 1 atom stereocenters. The third-order valence-corrected chi connectivity index (χ3v) is 4.96. The Morgan fingerprint density at radius 2 is 2.23 bits per heavy atom. The number of aliphatic carboxylic acids is 1. The summed E-state index contributed by atoms with van der Waals surface area (Å²) in [6.45, 7) is 0.268. The minimum absolute atomic E-state index is 0. The molecule has 0 aliphatic heterocycles. The monoisotopic (exact) mass is 354 g/mol. The molecule has 0 saturated heterocycles. The molecule has 2 rings (SSSR count). The molecule has 0 aromatic carbocycles. The van der Waals surface area contributed by atoms with Crippen LogP contribution >= 0.6 is 0 Å². The molecule has 2 N–H and O–H groups in total. The fraction of sp³-hybridized carbons (Fsp3) is 0.583. The minimum atomic E-state index is -3.47. The average Bonchev–Trinajstić information content (AvgIpc) is 3.23. The van der Waals surface area contributed by atoms with Crippen molar-refractivity contribution in [1.82, 2.24) is 9.97 Å². The summed E-state index contributed by atoms with van der Waals surface area (Å²) in [4.78, 5) is 19.1. The number of carboxylic acids is 1. The molecule has 8 nitrogen and oxygen atoms in total. The van der Waals surface area contributed by atoms with Crippen LogP contribution < -0.4 is 4.72 Å². The van der Waals surface area contributed by atoms with E-state index < -0.39 is 27.2 Å². The Kier molecular flexibility index (Phi) is 7.86. The number of nitrogens with one attached hydrogen (secondary N) is 1. The van der Waals surface area contributed by atoms with E-state index in [1.54, 1.807) is 0 Å². The first-order valence-electron chi connectivity index (χ1n) is 6.50. The van der Waals surface area contributed by atoms with Crippen LogP contribution in [0.4, 0.5) is 5.95 Å². The Balaban J connectivity index is 0.00000242. The summed E-state index contributed by atoms with van der Waals surface area (Å²) in [7, 11) is -1.99. The zero-order valence-corrected chi connectivity index (χ0v) is 16.5. The SMILES string of the molecule is COCCC(C(=O)O)c1ccnc(NS(=O)(=O)C2CC2)n1.[K]. The summed E-state index contributed by atoms with van der Waals surface area (Å²) in [6.07, 6.45) is 2.84. The van der Waals surface area contributed by atoms with E-state index in [9.17, 15) is 18.3 Å². The predicted molar refractivity (Wildman–Crippen MR) is 80.2 cm³/mol. The van der Waals surface area contributed by atoms with Crippen molar-refractivity contribution in [2.75, 3.05) is 18.4 Å². The van der Waals surface area contributed by atoms with Gasteiger partial charge in [0.2, 0.25) is 16.0 Å². The molecule has 1 radical (unpaired) electrons. The zero-order valence-electron chi connectivity index (χ0n) is 12.5. The molecule has 1 fully saturated rings. The van der Waals surface area contributed by atoms with E-state index in [0.717, 1.165) is 0 Å². The molecule has 0 amide bonds. The molecular weight excluding hydrogens is 337 g/mol. The maximum Gasteiger partial charge on any atom is 0.312 e. The first-order chi connectivity index (χ1) is 9.94. The van der Waals surface area contributed by atoms with Crippen LogP contribution in [0.25, 0.3) is 0 Å². The van der Waals surface area contributed by atoms with Gasteiger partial charge in [-0.25, -0.2) is 18.4 Å². The van der Waals surface area contributed by atoms with Crippen molar-refractivity contribution in [3.05, 3.63) is 18.0 Å². The molecular formula is C12H17KN3O5S. The molecule has 10 heteroatoms. The zero-order chi connectivity index (χ0) is 15.5. The molecule has 1 unspecified atom stereocenters. The Morgan fingerprint density at radius 1 is 1.55 bits per heavy atom. The van der Waals surface area contributed by atoms with E-state index >= 15 is 0 Å². The average molecular weight is 354 g/mol. The third kappa shape index (κ3) is 5.51. The smallest absolute Gasteiger partial charge is 0.312 e. The number of nitrogens with zero attached hydrogens (tertiary/aromatic N) is 2. The Bertz CT molecular complexity index is 621. The van der Waals surface area contributed by atoms with Crippen LogP contribution in [0.3, 0.4) is 0 Å². The van der Waals surface area contributed by atoms with Gasteiger partial charge in [0.05, 0.1) is 10.9 Å². The Labute approximate surface area is 171 Å². The second-order valence-corrected chi connectivity index (χ2v) is 6.78. The maximum atomic E-state index is 11.8. The summed E-state index contributed by atoms with van der Waals surface area (Å²) >= 11 is 0. The minimum Gasteiger partial charge on any atom is -0.481 e. The molecule has 0 spiro atoms. The summed E-state index contributed by atoms with van der Waals surface area (Å²) in [5.41, 5.74) is 0.253. The maximum absolute atomic E-state index is 11.8. The normalized spacial score (nSPS) is 15.7. The van der Waals surface area contributed by atoms with Crippen molar-refractivity contribution in [3.63, 3.8) is 0 Å². The molecule has 1 saturated carbocycles. The summed E-state index contributed by atoms with van der Waals surface area (Å²) in [5.74, 6) is -2.00. The van der Waals surface area contributed by atoms with Gasteiger partial charge in [-0.15, -0.1) is 0 Å². The second-order valence-electron chi connectivity index (χ2n) is 4.82. The topological polar surface area (TPSA) is 118 Å². The predicted octanol–water partition coefficient (Wildman–Crippen LogP) is 0.205. The number of carboxylic acid groups (broad SMARTS) is 1. The van der Waals surface area contributed by atoms with Crippen LogP contribution in [0.5, 0.6) is 0 Å². The van der Waals surface area contributed by atoms with Crippen LogP contribution in [0.1, 0.15) is 30.9 Å².